The molecule has 0 unspecified atom stereocenters. The first kappa shape index (κ1) is 21.8. The minimum atomic E-state index is -3.07. The van der Waals surface area contributed by atoms with E-state index in [-0.39, 0.29) is 40.8 Å². The van der Waals surface area contributed by atoms with E-state index in [0.29, 0.717) is 29.1 Å². The number of thioether (sulfide) groups is 1. The maximum atomic E-state index is 13.0. The highest BCUT2D eigenvalue weighted by atomic mass is 32.2. The molecule has 0 bridgehead atoms. The number of ether oxygens (including phenoxy) is 1. The van der Waals surface area contributed by atoms with Crippen molar-refractivity contribution in [1.29, 1.82) is 0 Å². The van der Waals surface area contributed by atoms with E-state index in [1.807, 2.05) is 13.0 Å². The van der Waals surface area contributed by atoms with Gasteiger partial charge < -0.3 is 9.64 Å². The van der Waals surface area contributed by atoms with Crippen LogP contribution in [0.5, 0.6) is 0 Å². The molecule has 0 aliphatic carbocycles. The van der Waals surface area contributed by atoms with E-state index in [4.69, 9.17) is 4.74 Å². The Morgan fingerprint density at radius 1 is 1.41 bits per heavy atom. The molecular formula is C19H25N3O5S2. The summed E-state index contributed by atoms with van der Waals surface area (Å²) < 4.78 is 30.1. The van der Waals surface area contributed by atoms with E-state index in [1.165, 1.54) is 16.7 Å². The molecule has 2 atom stereocenters. The van der Waals surface area contributed by atoms with E-state index >= 15 is 0 Å². The number of hydrogen-bond donors (Lipinski definition) is 0. The summed E-state index contributed by atoms with van der Waals surface area (Å²) in [5, 5.41) is 0.957. The molecule has 0 saturated carbocycles. The van der Waals surface area contributed by atoms with Crippen LogP contribution in [0.2, 0.25) is 0 Å². The van der Waals surface area contributed by atoms with E-state index in [1.54, 1.807) is 36.9 Å². The number of methoxy groups -OCH3 is 1. The van der Waals surface area contributed by atoms with Gasteiger partial charge in [0.25, 0.3) is 5.56 Å². The summed E-state index contributed by atoms with van der Waals surface area (Å²) in [6.07, 6.45) is 0.457. The number of sulfone groups is 1. The SMILES string of the molecule is COC[C@H](C)n1c(SCC(=O)N(C)[C@@H]2CCS(=O)(=O)C2)nc2ccccc2c1=O. The Hall–Kier alpha value is -1.91. The molecule has 1 saturated heterocycles. The van der Waals surface area contributed by atoms with E-state index in [9.17, 15) is 18.0 Å². The molecule has 8 nitrogen and oxygen atoms in total. The first-order valence-electron chi connectivity index (χ1n) is 9.32. The van der Waals surface area contributed by atoms with Crippen LogP contribution in [0.15, 0.2) is 34.2 Å². The van der Waals surface area contributed by atoms with Crippen LogP contribution in [0, 0.1) is 0 Å². The summed E-state index contributed by atoms with van der Waals surface area (Å²) in [5.74, 6) is -0.00490. The number of amides is 1. The molecule has 1 aliphatic rings. The van der Waals surface area contributed by atoms with Crippen LogP contribution in [0.25, 0.3) is 10.9 Å². The first-order chi connectivity index (χ1) is 13.7. The van der Waals surface area contributed by atoms with Gasteiger partial charge in [-0.2, -0.15) is 0 Å². The van der Waals surface area contributed by atoms with Crippen LogP contribution in [0.4, 0.5) is 0 Å². The van der Waals surface area contributed by atoms with Crippen molar-refractivity contribution < 1.29 is 17.9 Å². The van der Waals surface area contributed by atoms with Crippen molar-refractivity contribution in [3.05, 3.63) is 34.6 Å². The second-order valence-electron chi connectivity index (χ2n) is 7.24. The highest BCUT2D eigenvalue weighted by Gasteiger charge is 2.32. The lowest BCUT2D eigenvalue weighted by molar-refractivity contribution is -0.128. The molecule has 0 N–H and O–H groups in total. The number of aromatic nitrogens is 2. The zero-order chi connectivity index (χ0) is 21.2. The summed E-state index contributed by atoms with van der Waals surface area (Å²) in [7, 11) is 0.127. The number of hydrogen-bond acceptors (Lipinski definition) is 7. The number of carbonyl (C=O) groups is 1. The summed E-state index contributed by atoms with van der Waals surface area (Å²) in [4.78, 5) is 31.8. The van der Waals surface area contributed by atoms with Gasteiger partial charge in [-0.1, -0.05) is 23.9 Å². The average molecular weight is 440 g/mol. The number of para-hydroxylation sites is 1. The fourth-order valence-electron chi connectivity index (χ4n) is 3.44. The van der Waals surface area contributed by atoms with Gasteiger partial charge >= 0.3 is 0 Å². The van der Waals surface area contributed by atoms with E-state index < -0.39 is 9.84 Å². The standard InChI is InChI=1S/C19H25N3O5S2/c1-13(10-27-3)22-18(24)15-6-4-5-7-16(15)20-19(22)28-11-17(23)21(2)14-8-9-29(25,26)12-14/h4-7,13-14H,8-12H2,1-3H3/t13-,14+/m0/s1. The van der Waals surface area contributed by atoms with Gasteiger partial charge in [-0.25, -0.2) is 13.4 Å². The maximum absolute atomic E-state index is 13.0. The molecular weight excluding hydrogens is 414 g/mol. The predicted molar refractivity (Wildman–Crippen MR) is 113 cm³/mol. The molecule has 2 heterocycles. The van der Waals surface area contributed by atoms with Crippen LogP contribution in [-0.2, 0) is 19.4 Å². The van der Waals surface area contributed by atoms with Crippen LogP contribution >= 0.6 is 11.8 Å². The third-order valence-electron chi connectivity index (χ3n) is 5.10. The fourth-order valence-corrected chi connectivity index (χ4v) is 6.24. The summed E-state index contributed by atoms with van der Waals surface area (Å²) in [6.45, 7) is 2.20. The zero-order valence-electron chi connectivity index (χ0n) is 16.7. The largest absolute Gasteiger partial charge is 0.383 e. The molecule has 0 radical (unpaired) electrons. The normalized spacial score (nSPS) is 19.3. The van der Waals surface area contributed by atoms with Crippen LogP contribution in [0.1, 0.15) is 19.4 Å². The number of benzene rings is 1. The summed E-state index contributed by atoms with van der Waals surface area (Å²) in [6, 6.07) is 6.55. The second kappa shape index (κ2) is 8.85. The lowest BCUT2D eigenvalue weighted by atomic mass is 10.2. The van der Waals surface area contributed by atoms with Gasteiger partial charge in [0.1, 0.15) is 0 Å². The van der Waals surface area contributed by atoms with Gasteiger partial charge in [-0.15, -0.1) is 0 Å². The first-order valence-corrected chi connectivity index (χ1v) is 12.1. The van der Waals surface area contributed by atoms with Gasteiger partial charge in [0, 0.05) is 20.2 Å². The van der Waals surface area contributed by atoms with Crippen molar-refractivity contribution in [2.75, 3.05) is 38.0 Å². The molecule has 1 aromatic carbocycles. The van der Waals surface area contributed by atoms with Crippen molar-refractivity contribution >= 4 is 38.4 Å². The van der Waals surface area contributed by atoms with Gasteiger partial charge in [-0.3, -0.25) is 14.2 Å². The highest BCUT2D eigenvalue weighted by molar-refractivity contribution is 7.99. The van der Waals surface area contributed by atoms with Gasteiger partial charge in [-0.05, 0) is 25.5 Å². The van der Waals surface area contributed by atoms with Crippen LogP contribution < -0.4 is 5.56 Å². The summed E-state index contributed by atoms with van der Waals surface area (Å²) >= 11 is 1.18. The van der Waals surface area contributed by atoms with Crippen molar-refractivity contribution in [3.8, 4) is 0 Å². The zero-order valence-corrected chi connectivity index (χ0v) is 18.3. The fraction of sp³-hybridized carbons (Fsp3) is 0.526. The van der Waals surface area contributed by atoms with Crippen LogP contribution in [0.3, 0.4) is 0 Å². The van der Waals surface area contributed by atoms with Crippen molar-refractivity contribution in [3.63, 3.8) is 0 Å². The second-order valence-corrected chi connectivity index (χ2v) is 10.4. The highest BCUT2D eigenvalue weighted by Crippen LogP contribution is 2.23. The van der Waals surface area contributed by atoms with Gasteiger partial charge in [0.2, 0.25) is 5.91 Å². The Labute approximate surface area is 174 Å². The molecule has 1 aliphatic heterocycles. The monoisotopic (exact) mass is 439 g/mol. The summed E-state index contributed by atoms with van der Waals surface area (Å²) in [5.41, 5.74) is 0.397. The third kappa shape index (κ3) is 4.81. The molecule has 158 valence electrons. The van der Waals surface area contributed by atoms with Crippen molar-refractivity contribution in [2.24, 2.45) is 0 Å². The Kier molecular flexibility index (Phi) is 6.65. The van der Waals surface area contributed by atoms with Crippen molar-refractivity contribution in [2.45, 2.75) is 30.6 Å². The van der Waals surface area contributed by atoms with Crippen LogP contribution in [-0.4, -0.2) is 72.8 Å². The van der Waals surface area contributed by atoms with Gasteiger partial charge in [0.15, 0.2) is 15.0 Å². The molecule has 2 aromatic rings. The van der Waals surface area contributed by atoms with Crippen molar-refractivity contribution in [1.82, 2.24) is 14.5 Å². The number of rotatable bonds is 7. The molecule has 1 aromatic heterocycles. The lowest BCUT2D eigenvalue weighted by Crippen LogP contribution is -2.39. The van der Waals surface area contributed by atoms with E-state index in [2.05, 4.69) is 4.98 Å². The molecule has 1 fully saturated rings. The smallest absolute Gasteiger partial charge is 0.262 e. The molecule has 1 amide bonds. The molecule has 0 spiro atoms. The quantitative estimate of drug-likeness (QED) is 0.474. The molecule has 29 heavy (non-hydrogen) atoms. The van der Waals surface area contributed by atoms with E-state index in [0.717, 1.165) is 0 Å². The minimum absolute atomic E-state index is 0.00368. The Bertz CT molecular complexity index is 1070. The minimum Gasteiger partial charge on any atom is -0.383 e. The maximum Gasteiger partial charge on any atom is 0.262 e. The Morgan fingerprint density at radius 2 is 2.14 bits per heavy atom. The molecule has 3 rings (SSSR count). The average Bonchev–Trinajstić information content (AvgIpc) is 3.05. The predicted octanol–water partition coefficient (Wildman–Crippen LogP) is 1.34. The Morgan fingerprint density at radius 3 is 2.79 bits per heavy atom. The number of carbonyl (C=O) groups excluding carboxylic acids is 1. The number of nitrogens with zero attached hydrogens (tertiary/aromatic N) is 3. The third-order valence-corrected chi connectivity index (χ3v) is 7.79. The van der Waals surface area contributed by atoms with Gasteiger partial charge in [0.05, 0.1) is 40.8 Å². The number of fused-ring (bicyclic) bond motifs is 1. The Balaban J connectivity index is 1.84. The topological polar surface area (TPSA) is 98.6 Å². The molecule has 10 heteroatoms. The lowest BCUT2D eigenvalue weighted by Gasteiger charge is -2.24.